The van der Waals surface area contributed by atoms with Crippen molar-refractivity contribution in [2.45, 2.75) is 38.7 Å². The van der Waals surface area contributed by atoms with Crippen LogP contribution in [0.15, 0.2) is 42.1 Å². The molecule has 146 valence electrons. The molecule has 1 fully saturated rings. The van der Waals surface area contributed by atoms with Crippen molar-refractivity contribution in [2.75, 3.05) is 26.2 Å². The molecule has 0 aromatic heterocycles. The van der Waals surface area contributed by atoms with E-state index in [0.29, 0.717) is 26.0 Å². The summed E-state index contributed by atoms with van der Waals surface area (Å²) in [5.74, 6) is -0.462. The third-order valence-electron chi connectivity index (χ3n) is 5.26. The molecule has 3 rings (SSSR count). The monoisotopic (exact) mass is 374 g/mol. The normalized spacial score (nSPS) is 25.6. The van der Waals surface area contributed by atoms with E-state index in [2.05, 4.69) is 16.6 Å². The number of carbonyl (C=O) groups excluding carboxylic acids is 1. The number of hydrogen-bond donors (Lipinski definition) is 0. The second kappa shape index (κ2) is 8.65. The number of oxime groups is 1. The molecule has 6 heteroatoms. The second-order valence-electron chi connectivity index (χ2n) is 7.31. The Balaban J connectivity index is 1.72. The number of piperidine rings is 1. The summed E-state index contributed by atoms with van der Waals surface area (Å²) in [7, 11) is 0. The number of ether oxygens (including phenoxy) is 1. The van der Waals surface area contributed by atoms with Crippen LogP contribution in [0.1, 0.15) is 38.2 Å². The lowest BCUT2D eigenvalue weighted by Gasteiger charge is -2.41. The Morgan fingerprint density at radius 3 is 3.15 bits per heavy atom. The summed E-state index contributed by atoms with van der Waals surface area (Å²) in [5.41, 5.74) is 0.839. The minimum Gasteiger partial charge on any atom is -0.466 e. The quantitative estimate of drug-likeness (QED) is 0.541. The maximum absolute atomic E-state index is 13.5. The first-order valence-electron chi connectivity index (χ1n) is 9.55. The van der Waals surface area contributed by atoms with Crippen molar-refractivity contribution in [1.82, 2.24) is 4.90 Å². The van der Waals surface area contributed by atoms with Crippen molar-refractivity contribution in [3.05, 3.63) is 48.3 Å². The van der Waals surface area contributed by atoms with Gasteiger partial charge in [-0.2, -0.15) is 0 Å². The van der Waals surface area contributed by atoms with Gasteiger partial charge in [0.05, 0.1) is 17.7 Å². The molecule has 0 unspecified atom stereocenters. The zero-order chi connectivity index (χ0) is 19.3. The highest BCUT2D eigenvalue weighted by Crippen LogP contribution is 2.39. The fraction of sp³-hybridized carbons (Fsp3) is 0.524. The van der Waals surface area contributed by atoms with Gasteiger partial charge in [0, 0.05) is 31.5 Å². The van der Waals surface area contributed by atoms with Crippen molar-refractivity contribution in [2.24, 2.45) is 10.6 Å². The number of likely N-dealkylation sites (tertiary alicyclic amines) is 1. The fourth-order valence-electron chi connectivity index (χ4n) is 4.08. The Labute approximate surface area is 159 Å². The molecule has 0 saturated carbocycles. The highest BCUT2D eigenvalue weighted by molar-refractivity contribution is 6.01. The van der Waals surface area contributed by atoms with Crippen molar-refractivity contribution >= 4 is 11.7 Å². The molecule has 0 N–H and O–H groups in total. The number of rotatable bonds is 7. The Hall–Kier alpha value is -2.21. The average Bonchev–Trinajstić information content (AvgIpc) is 3.11. The average molecular weight is 374 g/mol. The van der Waals surface area contributed by atoms with Crippen molar-refractivity contribution < 1.29 is 18.8 Å². The Kier molecular flexibility index (Phi) is 6.26. The van der Waals surface area contributed by atoms with Gasteiger partial charge in [0.1, 0.15) is 11.9 Å². The topological polar surface area (TPSA) is 51.1 Å². The van der Waals surface area contributed by atoms with E-state index in [0.717, 1.165) is 37.2 Å². The highest BCUT2D eigenvalue weighted by atomic mass is 19.1. The first kappa shape index (κ1) is 19.5. The highest BCUT2D eigenvalue weighted by Gasteiger charge is 2.46. The van der Waals surface area contributed by atoms with E-state index in [-0.39, 0.29) is 17.9 Å². The van der Waals surface area contributed by atoms with Crippen LogP contribution in [0.2, 0.25) is 0 Å². The van der Waals surface area contributed by atoms with E-state index < -0.39 is 5.41 Å². The molecule has 2 heterocycles. The molecular weight excluding hydrogens is 347 g/mol. The van der Waals surface area contributed by atoms with Gasteiger partial charge in [-0.3, -0.25) is 9.69 Å². The smallest absolute Gasteiger partial charge is 0.313 e. The maximum atomic E-state index is 13.5. The zero-order valence-electron chi connectivity index (χ0n) is 15.8. The molecule has 0 radical (unpaired) electrons. The summed E-state index contributed by atoms with van der Waals surface area (Å²) in [4.78, 5) is 20.7. The molecule has 0 bridgehead atoms. The van der Waals surface area contributed by atoms with Crippen molar-refractivity contribution in [3.63, 3.8) is 0 Å². The molecule has 0 amide bonds. The number of hydrogen-bond acceptors (Lipinski definition) is 5. The molecular formula is C21H27FN2O3. The summed E-state index contributed by atoms with van der Waals surface area (Å²) in [5, 5.41) is 4.15. The lowest BCUT2D eigenvalue weighted by atomic mass is 9.74. The van der Waals surface area contributed by atoms with Gasteiger partial charge in [0.15, 0.2) is 0 Å². The van der Waals surface area contributed by atoms with E-state index in [1.165, 1.54) is 12.1 Å². The van der Waals surface area contributed by atoms with E-state index >= 15 is 0 Å². The number of halogens is 1. The zero-order valence-corrected chi connectivity index (χ0v) is 15.8. The first-order valence-corrected chi connectivity index (χ1v) is 9.55. The van der Waals surface area contributed by atoms with Crippen LogP contribution in [0, 0.1) is 11.2 Å². The van der Waals surface area contributed by atoms with Gasteiger partial charge in [-0.25, -0.2) is 4.39 Å². The van der Waals surface area contributed by atoms with Crippen LogP contribution < -0.4 is 0 Å². The van der Waals surface area contributed by atoms with Crippen LogP contribution >= 0.6 is 0 Å². The van der Waals surface area contributed by atoms with E-state index in [1.807, 2.05) is 19.1 Å². The minimum atomic E-state index is -0.602. The third-order valence-corrected chi connectivity index (χ3v) is 5.26. The van der Waals surface area contributed by atoms with E-state index in [9.17, 15) is 9.18 Å². The van der Waals surface area contributed by atoms with Gasteiger partial charge in [-0.15, -0.1) is 6.58 Å². The lowest BCUT2D eigenvalue weighted by Crippen LogP contribution is -2.50. The Morgan fingerprint density at radius 2 is 2.41 bits per heavy atom. The lowest BCUT2D eigenvalue weighted by molar-refractivity contribution is -0.162. The molecule has 1 aromatic rings. The van der Waals surface area contributed by atoms with Gasteiger partial charge in [-0.1, -0.05) is 23.4 Å². The van der Waals surface area contributed by atoms with Crippen molar-refractivity contribution in [1.29, 1.82) is 0 Å². The summed E-state index contributed by atoms with van der Waals surface area (Å²) >= 11 is 0. The van der Waals surface area contributed by atoms with Crippen LogP contribution in [-0.4, -0.2) is 48.9 Å². The number of carbonyl (C=O) groups is 1. The van der Waals surface area contributed by atoms with Crippen LogP contribution in [0.4, 0.5) is 4.39 Å². The molecule has 5 nitrogen and oxygen atoms in total. The van der Waals surface area contributed by atoms with Crippen LogP contribution in [0.5, 0.6) is 0 Å². The Morgan fingerprint density at radius 1 is 1.56 bits per heavy atom. The van der Waals surface area contributed by atoms with Crippen LogP contribution in [-0.2, 0) is 14.4 Å². The van der Waals surface area contributed by atoms with Crippen molar-refractivity contribution in [3.8, 4) is 0 Å². The van der Waals surface area contributed by atoms with Gasteiger partial charge in [-0.05, 0) is 38.4 Å². The maximum Gasteiger partial charge on any atom is 0.313 e. The standard InChI is InChI=1S/C21H27FN2O3/c1-3-10-24-11-6-9-21(15-24,20(25)26-4-2)14-18-13-19(23-27-18)16-7-5-8-17(22)12-16/h3,5,7-8,12,18H,1,4,6,9-11,13-15H2,2H3/t18-,21-/m1/s1. The molecule has 0 spiro atoms. The number of nitrogens with zero attached hydrogens (tertiary/aromatic N) is 2. The van der Waals surface area contributed by atoms with Gasteiger partial charge in [0.2, 0.25) is 0 Å². The molecule has 1 aromatic carbocycles. The van der Waals surface area contributed by atoms with E-state index in [1.54, 1.807) is 6.07 Å². The molecule has 2 aliphatic heterocycles. The molecule has 0 aliphatic carbocycles. The van der Waals surface area contributed by atoms with E-state index in [4.69, 9.17) is 9.57 Å². The summed E-state index contributed by atoms with van der Waals surface area (Å²) in [6.07, 6.45) is 4.45. The second-order valence-corrected chi connectivity index (χ2v) is 7.31. The SMILES string of the molecule is C=CCN1CCC[C@](C[C@H]2CC(c3cccc(F)c3)=NO2)(C(=O)OCC)C1. The summed E-state index contributed by atoms with van der Waals surface area (Å²) in [6.45, 7) is 8.32. The molecule has 2 atom stereocenters. The minimum absolute atomic E-state index is 0.165. The largest absolute Gasteiger partial charge is 0.466 e. The van der Waals surface area contributed by atoms with Gasteiger partial charge >= 0.3 is 5.97 Å². The predicted molar refractivity (Wildman–Crippen MR) is 102 cm³/mol. The fourth-order valence-corrected chi connectivity index (χ4v) is 4.08. The molecule has 2 aliphatic rings. The number of esters is 1. The summed E-state index contributed by atoms with van der Waals surface area (Å²) < 4.78 is 18.9. The Bertz CT molecular complexity index is 721. The first-order chi connectivity index (χ1) is 13.1. The van der Waals surface area contributed by atoms with Crippen LogP contribution in [0.3, 0.4) is 0 Å². The number of benzene rings is 1. The molecule has 27 heavy (non-hydrogen) atoms. The van der Waals surface area contributed by atoms with Gasteiger partial charge < -0.3 is 9.57 Å². The predicted octanol–water partition coefficient (Wildman–Crippen LogP) is 3.54. The van der Waals surface area contributed by atoms with Gasteiger partial charge in [0.25, 0.3) is 0 Å². The van der Waals surface area contributed by atoms with Crippen LogP contribution in [0.25, 0.3) is 0 Å². The summed E-state index contributed by atoms with van der Waals surface area (Å²) in [6, 6.07) is 6.34. The third kappa shape index (κ3) is 4.56. The molecule has 1 saturated heterocycles.